The van der Waals surface area contributed by atoms with Crippen molar-refractivity contribution >= 4 is 11.1 Å². The highest BCUT2D eigenvalue weighted by Gasteiger charge is 2.59. The van der Waals surface area contributed by atoms with Crippen molar-refractivity contribution in [1.82, 2.24) is 0 Å². The monoisotopic (exact) mass is 528 g/mol. The van der Waals surface area contributed by atoms with Gasteiger partial charge < -0.3 is 0 Å². The Kier molecular flexibility index (Phi) is 6.53. The highest BCUT2D eigenvalue weighted by Crippen LogP contribution is 2.70. The summed E-state index contributed by atoms with van der Waals surface area (Å²) in [6, 6.07) is 13.6. The van der Waals surface area contributed by atoms with E-state index in [1.165, 1.54) is 72.4 Å². The van der Waals surface area contributed by atoms with Crippen LogP contribution in [-0.4, -0.2) is 0 Å². The fourth-order valence-corrected chi connectivity index (χ4v) is 9.03. The molecule has 0 bridgehead atoms. The maximum absolute atomic E-state index is 4.85. The standard InChI is InChI=1S/C40H48/c1-23(2)27(7)31-15-14-16-32(19-31)33-18-17-25(5)36-28(8)37-30(10)40(13)29(9)35(24(3)4)26(6)20-39(40,12)22-38(37,11)21-34(33)36/h14-19,23H,3,7-9,20-22H2,1-2,4-6,10-13H3/t38-,39+,40-/m1/s1. The van der Waals surface area contributed by atoms with Crippen molar-refractivity contribution < 1.29 is 0 Å². The van der Waals surface area contributed by atoms with E-state index in [4.69, 9.17) is 13.2 Å². The lowest BCUT2D eigenvalue weighted by molar-refractivity contribution is 0.0544. The van der Waals surface area contributed by atoms with Crippen LogP contribution in [0.3, 0.4) is 0 Å². The third-order valence-corrected chi connectivity index (χ3v) is 11.1. The van der Waals surface area contributed by atoms with E-state index >= 15 is 0 Å². The number of hydrogen-bond donors (Lipinski definition) is 0. The van der Waals surface area contributed by atoms with Crippen LogP contribution in [0.15, 0.2) is 96.2 Å². The zero-order valence-electron chi connectivity index (χ0n) is 26.5. The van der Waals surface area contributed by atoms with E-state index in [2.05, 4.69) is 112 Å². The molecule has 0 heterocycles. The maximum atomic E-state index is 4.85. The largest absolute Gasteiger partial charge is 0.0955 e. The molecule has 3 atom stereocenters. The summed E-state index contributed by atoms with van der Waals surface area (Å²) >= 11 is 0. The van der Waals surface area contributed by atoms with Gasteiger partial charge in [0.1, 0.15) is 0 Å². The van der Waals surface area contributed by atoms with Crippen LogP contribution in [0.4, 0.5) is 0 Å². The Morgan fingerprint density at radius 2 is 1.60 bits per heavy atom. The number of aryl methyl sites for hydroxylation is 1. The minimum absolute atomic E-state index is 0.00535. The van der Waals surface area contributed by atoms with E-state index in [0.717, 1.165) is 24.8 Å². The van der Waals surface area contributed by atoms with Crippen molar-refractivity contribution in [2.75, 3.05) is 0 Å². The normalized spacial score (nSPS) is 27.9. The van der Waals surface area contributed by atoms with E-state index in [9.17, 15) is 0 Å². The summed E-state index contributed by atoms with van der Waals surface area (Å²) in [6.07, 6.45) is 3.21. The Hall–Kier alpha value is -3.12. The molecule has 0 heteroatoms. The summed E-state index contributed by atoms with van der Waals surface area (Å²) in [4.78, 5) is 0. The first-order valence-corrected chi connectivity index (χ1v) is 15.0. The highest BCUT2D eigenvalue weighted by molar-refractivity contribution is 5.90. The molecule has 0 nitrogen and oxygen atoms in total. The van der Waals surface area contributed by atoms with Gasteiger partial charge in [0, 0.05) is 5.41 Å². The summed E-state index contributed by atoms with van der Waals surface area (Å²) in [6.45, 7) is 39.3. The average molecular weight is 529 g/mol. The van der Waals surface area contributed by atoms with Crippen LogP contribution < -0.4 is 0 Å². The number of hydrogen-bond acceptors (Lipinski definition) is 0. The van der Waals surface area contributed by atoms with Crippen molar-refractivity contribution in [3.05, 3.63) is 118 Å². The Bertz CT molecular complexity index is 1580. The number of rotatable bonds is 4. The lowest BCUT2D eigenvalue weighted by atomic mass is 9.41. The van der Waals surface area contributed by atoms with Crippen molar-refractivity contribution in [2.45, 2.75) is 81.6 Å². The quantitative estimate of drug-likeness (QED) is 0.370. The molecule has 0 radical (unpaired) electrons. The Labute approximate surface area is 244 Å². The molecule has 3 aliphatic carbocycles. The van der Waals surface area contributed by atoms with E-state index in [1.807, 2.05) is 0 Å². The highest BCUT2D eigenvalue weighted by atomic mass is 14.6. The van der Waals surface area contributed by atoms with Crippen LogP contribution in [-0.2, 0) is 6.42 Å². The topological polar surface area (TPSA) is 0 Å². The maximum Gasteiger partial charge on any atom is 0.0194 e. The lowest BCUT2D eigenvalue weighted by Crippen LogP contribution is -2.52. The first kappa shape index (κ1) is 28.4. The average Bonchev–Trinajstić information content (AvgIpc) is 2.85. The van der Waals surface area contributed by atoms with E-state index in [1.54, 1.807) is 0 Å². The smallest absolute Gasteiger partial charge is 0.0194 e. The molecule has 0 fully saturated rings. The van der Waals surface area contributed by atoms with Crippen LogP contribution in [0.5, 0.6) is 0 Å². The Morgan fingerprint density at radius 1 is 0.925 bits per heavy atom. The fraction of sp³-hybridized carbons (Fsp3) is 0.400. The van der Waals surface area contributed by atoms with Gasteiger partial charge in [0.2, 0.25) is 0 Å². The first-order chi connectivity index (χ1) is 18.6. The SMILES string of the molecule is C=C(C)C1=C(C)C[C@@]2(C)C[C@@]3(C)Cc4c(-c5cccc(C(=C)C(C)C)c5)ccc(C)c4C(=C)C3=C(C)[C@@]2(C)C1=C. The number of allylic oxidation sites excluding steroid dienone is 8. The van der Waals surface area contributed by atoms with Crippen molar-refractivity contribution in [3.8, 4) is 11.1 Å². The molecule has 208 valence electrons. The molecule has 0 amide bonds. The summed E-state index contributed by atoms with van der Waals surface area (Å²) in [5.41, 5.74) is 18.3. The summed E-state index contributed by atoms with van der Waals surface area (Å²) < 4.78 is 0. The number of fused-ring (bicyclic) bond motifs is 3. The van der Waals surface area contributed by atoms with Crippen LogP contribution in [0.25, 0.3) is 22.3 Å². The van der Waals surface area contributed by atoms with Gasteiger partial charge in [-0.3, -0.25) is 0 Å². The van der Waals surface area contributed by atoms with E-state index in [0.29, 0.717) is 5.92 Å². The molecular formula is C40H48. The lowest BCUT2D eigenvalue weighted by Gasteiger charge is -2.62. The molecular weight excluding hydrogens is 480 g/mol. The first-order valence-electron chi connectivity index (χ1n) is 15.0. The fourth-order valence-electron chi connectivity index (χ4n) is 9.03. The van der Waals surface area contributed by atoms with Crippen LogP contribution in [0, 0.1) is 29.1 Å². The molecule has 2 aromatic rings. The van der Waals surface area contributed by atoms with Gasteiger partial charge in [-0.1, -0.05) is 108 Å². The molecule has 0 N–H and O–H groups in total. The van der Waals surface area contributed by atoms with Gasteiger partial charge in [0.05, 0.1) is 0 Å². The van der Waals surface area contributed by atoms with Crippen molar-refractivity contribution in [1.29, 1.82) is 0 Å². The van der Waals surface area contributed by atoms with Crippen molar-refractivity contribution in [2.24, 2.45) is 22.2 Å². The minimum Gasteiger partial charge on any atom is -0.0955 e. The minimum atomic E-state index is -0.132. The van der Waals surface area contributed by atoms with Gasteiger partial charge >= 0.3 is 0 Å². The molecule has 2 aromatic carbocycles. The second-order valence-electron chi connectivity index (χ2n) is 14.2. The molecule has 0 aliphatic heterocycles. The zero-order valence-corrected chi connectivity index (χ0v) is 26.5. The summed E-state index contributed by atoms with van der Waals surface area (Å²) in [7, 11) is 0. The molecule has 3 aliphatic rings. The second-order valence-corrected chi connectivity index (χ2v) is 14.2. The molecule has 5 rings (SSSR count). The van der Waals surface area contributed by atoms with E-state index in [-0.39, 0.29) is 16.2 Å². The molecule has 0 spiro atoms. The Balaban J connectivity index is 1.73. The zero-order chi connectivity index (χ0) is 29.5. The van der Waals surface area contributed by atoms with Gasteiger partial charge in [-0.15, -0.1) is 0 Å². The van der Waals surface area contributed by atoms with E-state index < -0.39 is 0 Å². The van der Waals surface area contributed by atoms with Gasteiger partial charge in [0.25, 0.3) is 0 Å². The molecule has 0 aromatic heterocycles. The molecule has 0 unspecified atom stereocenters. The molecule has 40 heavy (non-hydrogen) atoms. The van der Waals surface area contributed by atoms with Gasteiger partial charge in [-0.05, 0) is 131 Å². The second kappa shape index (κ2) is 9.20. The van der Waals surface area contributed by atoms with Gasteiger partial charge in [-0.25, -0.2) is 0 Å². The third-order valence-electron chi connectivity index (χ3n) is 11.1. The predicted molar refractivity (Wildman–Crippen MR) is 176 cm³/mol. The van der Waals surface area contributed by atoms with Gasteiger partial charge in [0.15, 0.2) is 0 Å². The van der Waals surface area contributed by atoms with Gasteiger partial charge in [-0.2, -0.15) is 0 Å². The molecule has 0 saturated carbocycles. The molecule has 0 saturated heterocycles. The predicted octanol–water partition coefficient (Wildman–Crippen LogP) is 11.5. The Morgan fingerprint density at radius 3 is 2.23 bits per heavy atom. The summed E-state index contributed by atoms with van der Waals surface area (Å²) in [5.74, 6) is 0.418. The number of benzene rings is 2. The summed E-state index contributed by atoms with van der Waals surface area (Å²) in [5, 5.41) is 0. The van der Waals surface area contributed by atoms with Crippen LogP contribution in [0.2, 0.25) is 0 Å². The third kappa shape index (κ3) is 3.78. The van der Waals surface area contributed by atoms with Crippen LogP contribution >= 0.6 is 0 Å². The van der Waals surface area contributed by atoms with Crippen LogP contribution in [0.1, 0.15) is 90.5 Å². The van der Waals surface area contributed by atoms with Crippen molar-refractivity contribution in [3.63, 3.8) is 0 Å².